The van der Waals surface area contributed by atoms with E-state index in [1.54, 1.807) is 6.07 Å². The first-order valence-electron chi connectivity index (χ1n) is 5.68. The topological polar surface area (TPSA) is 15.3 Å². The number of rotatable bonds is 3. The van der Waals surface area contributed by atoms with Gasteiger partial charge in [0.1, 0.15) is 12.5 Å². The van der Waals surface area contributed by atoms with Crippen molar-refractivity contribution in [1.82, 2.24) is 10.2 Å². The van der Waals surface area contributed by atoms with Gasteiger partial charge in [0, 0.05) is 26.2 Å². The Balaban J connectivity index is 2.18. The molecule has 0 bridgehead atoms. The van der Waals surface area contributed by atoms with Crippen molar-refractivity contribution in [3.63, 3.8) is 0 Å². The van der Waals surface area contributed by atoms with Gasteiger partial charge in [-0.3, -0.25) is 4.90 Å². The van der Waals surface area contributed by atoms with E-state index < -0.39 is 12.5 Å². The molecule has 94 valence electrons. The summed E-state index contributed by atoms with van der Waals surface area (Å²) in [6.07, 6.45) is 0. The third-order valence-electron chi connectivity index (χ3n) is 3.07. The van der Waals surface area contributed by atoms with Crippen LogP contribution in [-0.4, -0.2) is 37.8 Å². The van der Waals surface area contributed by atoms with E-state index in [0.29, 0.717) is 5.56 Å². The van der Waals surface area contributed by atoms with Gasteiger partial charge in [0.15, 0.2) is 0 Å². The van der Waals surface area contributed by atoms with E-state index in [4.69, 9.17) is 11.6 Å². The molecular formula is C12H15ClF2N2. The summed E-state index contributed by atoms with van der Waals surface area (Å²) in [6, 6.07) is 4.13. The highest BCUT2D eigenvalue weighted by Crippen LogP contribution is 2.25. The molecule has 2 rings (SSSR count). The minimum atomic E-state index is -0.513. The Hall–Kier alpha value is -0.710. The second-order valence-electron chi connectivity index (χ2n) is 4.13. The Bertz CT molecular complexity index is 381. The molecule has 1 aliphatic heterocycles. The normalized spacial score (nSPS) is 19.2. The zero-order chi connectivity index (χ0) is 12.3. The average molecular weight is 261 g/mol. The highest BCUT2D eigenvalue weighted by atomic mass is 35.5. The highest BCUT2D eigenvalue weighted by Gasteiger charge is 2.22. The summed E-state index contributed by atoms with van der Waals surface area (Å²) in [4.78, 5) is 2.03. The van der Waals surface area contributed by atoms with Gasteiger partial charge in [0.25, 0.3) is 0 Å². The van der Waals surface area contributed by atoms with Crippen LogP contribution in [0, 0.1) is 5.82 Å². The quantitative estimate of drug-likeness (QED) is 0.898. The maximum absolute atomic E-state index is 13.4. The Kier molecular flexibility index (Phi) is 4.31. The van der Waals surface area contributed by atoms with Crippen molar-refractivity contribution in [3.05, 3.63) is 34.6 Å². The summed E-state index contributed by atoms with van der Waals surface area (Å²) in [6.45, 7) is 2.72. The Morgan fingerprint density at radius 3 is 2.65 bits per heavy atom. The number of alkyl halides is 1. The first-order chi connectivity index (χ1) is 8.22. The molecule has 1 fully saturated rings. The van der Waals surface area contributed by atoms with Crippen LogP contribution in [0.4, 0.5) is 8.78 Å². The molecular weight excluding hydrogens is 246 g/mol. The fourth-order valence-corrected chi connectivity index (χ4v) is 2.23. The predicted molar refractivity (Wildman–Crippen MR) is 64.6 cm³/mol. The lowest BCUT2D eigenvalue weighted by atomic mass is 10.1. The van der Waals surface area contributed by atoms with Crippen molar-refractivity contribution in [2.75, 3.05) is 32.9 Å². The molecule has 1 atom stereocenters. The van der Waals surface area contributed by atoms with Crippen LogP contribution in [0.2, 0.25) is 5.02 Å². The minimum absolute atomic E-state index is 0.0756. The second kappa shape index (κ2) is 5.76. The summed E-state index contributed by atoms with van der Waals surface area (Å²) in [5.41, 5.74) is 0.649. The predicted octanol–water partition coefficient (Wildman–Crippen LogP) is 2.39. The first-order valence-corrected chi connectivity index (χ1v) is 6.06. The Labute approximate surface area is 105 Å². The third kappa shape index (κ3) is 2.94. The van der Waals surface area contributed by atoms with E-state index in [0.717, 1.165) is 26.2 Å². The number of nitrogens with one attached hydrogen (secondary N) is 1. The highest BCUT2D eigenvalue weighted by molar-refractivity contribution is 6.30. The molecule has 0 spiro atoms. The number of benzene rings is 1. The van der Waals surface area contributed by atoms with E-state index in [-0.39, 0.29) is 11.1 Å². The fraction of sp³-hybridized carbons (Fsp3) is 0.500. The molecule has 1 heterocycles. The van der Waals surface area contributed by atoms with Crippen LogP contribution in [0.5, 0.6) is 0 Å². The van der Waals surface area contributed by atoms with Crippen LogP contribution in [0.3, 0.4) is 0 Å². The zero-order valence-electron chi connectivity index (χ0n) is 9.43. The van der Waals surface area contributed by atoms with E-state index in [1.165, 1.54) is 12.1 Å². The molecule has 1 aromatic carbocycles. The van der Waals surface area contributed by atoms with Crippen molar-refractivity contribution in [1.29, 1.82) is 0 Å². The Morgan fingerprint density at radius 1 is 1.35 bits per heavy atom. The van der Waals surface area contributed by atoms with Gasteiger partial charge in [-0.2, -0.15) is 0 Å². The number of hydrogen-bond acceptors (Lipinski definition) is 2. The molecule has 0 unspecified atom stereocenters. The second-order valence-corrected chi connectivity index (χ2v) is 4.54. The summed E-state index contributed by atoms with van der Waals surface area (Å²) in [7, 11) is 0. The van der Waals surface area contributed by atoms with Crippen LogP contribution < -0.4 is 5.32 Å². The maximum Gasteiger partial charge on any atom is 0.142 e. The summed E-state index contributed by atoms with van der Waals surface area (Å²) < 4.78 is 26.5. The fourth-order valence-electron chi connectivity index (χ4n) is 2.11. The van der Waals surface area contributed by atoms with Gasteiger partial charge in [-0.25, -0.2) is 8.78 Å². The monoisotopic (exact) mass is 260 g/mol. The Morgan fingerprint density at radius 2 is 2.06 bits per heavy atom. The lowest BCUT2D eigenvalue weighted by Gasteiger charge is -2.33. The molecule has 1 saturated heterocycles. The molecule has 17 heavy (non-hydrogen) atoms. The SMILES string of the molecule is FC[C@H](c1ccc(Cl)c(F)c1)N1CCNCC1. The number of halogens is 3. The van der Waals surface area contributed by atoms with Gasteiger partial charge in [0.2, 0.25) is 0 Å². The van der Waals surface area contributed by atoms with Crippen molar-refractivity contribution < 1.29 is 8.78 Å². The largest absolute Gasteiger partial charge is 0.314 e. The van der Waals surface area contributed by atoms with Crippen molar-refractivity contribution in [3.8, 4) is 0 Å². The van der Waals surface area contributed by atoms with Gasteiger partial charge < -0.3 is 5.32 Å². The van der Waals surface area contributed by atoms with Crippen LogP contribution >= 0.6 is 11.6 Å². The number of piperazine rings is 1. The van der Waals surface area contributed by atoms with Gasteiger partial charge in [-0.05, 0) is 17.7 Å². The third-order valence-corrected chi connectivity index (χ3v) is 3.37. The molecule has 1 aromatic rings. The molecule has 2 nitrogen and oxygen atoms in total. The summed E-state index contributed by atoms with van der Waals surface area (Å²) >= 11 is 5.62. The standard InChI is InChI=1S/C12H15ClF2N2/c13-10-2-1-9(7-11(10)15)12(8-14)17-5-3-16-4-6-17/h1-2,7,12,16H,3-6,8H2/t12-/m1/s1. The average Bonchev–Trinajstić information content (AvgIpc) is 2.36. The van der Waals surface area contributed by atoms with E-state index in [1.807, 2.05) is 4.90 Å². The van der Waals surface area contributed by atoms with E-state index in [2.05, 4.69) is 5.32 Å². The van der Waals surface area contributed by atoms with Crippen molar-refractivity contribution in [2.24, 2.45) is 0 Å². The van der Waals surface area contributed by atoms with Gasteiger partial charge in [0.05, 0.1) is 11.1 Å². The number of nitrogens with zero attached hydrogens (tertiary/aromatic N) is 1. The number of hydrogen-bond donors (Lipinski definition) is 1. The van der Waals surface area contributed by atoms with Crippen LogP contribution in [-0.2, 0) is 0 Å². The molecule has 0 radical (unpaired) electrons. The molecule has 5 heteroatoms. The van der Waals surface area contributed by atoms with E-state index in [9.17, 15) is 8.78 Å². The molecule has 0 aromatic heterocycles. The van der Waals surface area contributed by atoms with Crippen LogP contribution in [0.15, 0.2) is 18.2 Å². The molecule has 0 saturated carbocycles. The van der Waals surface area contributed by atoms with E-state index >= 15 is 0 Å². The van der Waals surface area contributed by atoms with Crippen LogP contribution in [0.1, 0.15) is 11.6 Å². The molecule has 1 aliphatic rings. The maximum atomic E-state index is 13.4. The van der Waals surface area contributed by atoms with Gasteiger partial charge in [-0.15, -0.1) is 0 Å². The lowest BCUT2D eigenvalue weighted by Crippen LogP contribution is -2.45. The minimum Gasteiger partial charge on any atom is -0.314 e. The smallest absolute Gasteiger partial charge is 0.142 e. The van der Waals surface area contributed by atoms with Gasteiger partial charge in [-0.1, -0.05) is 17.7 Å². The molecule has 0 aliphatic carbocycles. The lowest BCUT2D eigenvalue weighted by molar-refractivity contribution is 0.147. The van der Waals surface area contributed by atoms with Crippen molar-refractivity contribution in [2.45, 2.75) is 6.04 Å². The van der Waals surface area contributed by atoms with Gasteiger partial charge >= 0.3 is 0 Å². The van der Waals surface area contributed by atoms with Crippen molar-refractivity contribution >= 4 is 11.6 Å². The molecule has 1 N–H and O–H groups in total. The summed E-state index contributed by atoms with van der Waals surface area (Å²) in [5.74, 6) is -0.488. The first kappa shape index (κ1) is 12.7. The zero-order valence-corrected chi connectivity index (χ0v) is 10.2. The summed E-state index contributed by atoms with van der Waals surface area (Å²) in [5, 5.41) is 3.28. The molecule has 0 amide bonds. The van der Waals surface area contributed by atoms with Crippen LogP contribution in [0.25, 0.3) is 0 Å².